The molecule has 182 valence electrons. The molecule has 0 aliphatic heterocycles. The van der Waals surface area contributed by atoms with E-state index in [-0.39, 0.29) is 0 Å². The smallest absolute Gasteiger partial charge is 0.417 e. The van der Waals surface area contributed by atoms with Crippen LogP contribution in [0.5, 0.6) is 5.75 Å². The van der Waals surface area contributed by atoms with Gasteiger partial charge in [-0.3, -0.25) is 4.79 Å². The van der Waals surface area contributed by atoms with Crippen LogP contribution in [0.25, 0.3) is 10.8 Å². The van der Waals surface area contributed by atoms with E-state index >= 15 is 0 Å². The summed E-state index contributed by atoms with van der Waals surface area (Å²) in [6.07, 6.45) is 20.8. The number of hydrogen-bond acceptors (Lipinski definition) is 4. The van der Waals surface area contributed by atoms with Crippen molar-refractivity contribution in [2.45, 2.75) is 96.8 Å². The third-order valence-electron chi connectivity index (χ3n) is 5.75. The molecule has 1 atom stereocenters. The van der Waals surface area contributed by atoms with Crippen LogP contribution in [0.4, 0.5) is 0 Å². The van der Waals surface area contributed by atoms with Gasteiger partial charge in [0.25, 0.3) is 0 Å². The Morgan fingerprint density at radius 2 is 1.42 bits per heavy atom. The Morgan fingerprint density at radius 3 is 2.15 bits per heavy atom. The first-order valence-electron chi connectivity index (χ1n) is 12.7. The molecule has 2 aromatic carbocycles. The SMILES string of the molecule is CCCCCCCC/C=C\CCCCCCCC(=O)OP(O)Oc1cccc2ccccc12. The second kappa shape index (κ2) is 17.6. The average molecular weight is 473 g/mol. The Balaban J connectivity index is 1.46. The fraction of sp³-hybridized carbons (Fsp3) is 0.536. The van der Waals surface area contributed by atoms with E-state index in [1.807, 2.05) is 36.4 Å². The molecule has 0 saturated heterocycles. The highest BCUT2D eigenvalue weighted by Crippen LogP contribution is 2.38. The molecule has 0 amide bonds. The molecule has 0 heterocycles. The maximum atomic E-state index is 12.0. The van der Waals surface area contributed by atoms with E-state index in [2.05, 4.69) is 19.1 Å². The van der Waals surface area contributed by atoms with Crippen LogP contribution in [0.1, 0.15) is 96.8 Å². The zero-order valence-electron chi connectivity index (χ0n) is 20.2. The molecule has 2 aromatic rings. The minimum atomic E-state index is -2.27. The number of hydrogen-bond donors (Lipinski definition) is 1. The Labute approximate surface area is 201 Å². The fourth-order valence-electron chi connectivity index (χ4n) is 3.85. The number of unbranched alkanes of at least 4 members (excludes halogenated alkanes) is 11. The van der Waals surface area contributed by atoms with Crippen molar-refractivity contribution in [2.75, 3.05) is 0 Å². The van der Waals surface area contributed by atoms with E-state index in [0.29, 0.717) is 12.2 Å². The van der Waals surface area contributed by atoms with Crippen LogP contribution >= 0.6 is 8.60 Å². The lowest BCUT2D eigenvalue weighted by Gasteiger charge is -2.13. The molecule has 0 aliphatic carbocycles. The van der Waals surface area contributed by atoms with Crippen molar-refractivity contribution in [3.8, 4) is 5.75 Å². The van der Waals surface area contributed by atoms with Gasteiger partial charge in [0.2, 0.25) is 0 Å². The molecule has 4 nitrogen and oxygen atoms in total. The Hall–Kier alpha value is -1.90. The molecule has 0 saturated carbocycles. The van der Waals surface area contributed by atoms with E-state index in [1.165, 1.54) is 57.8 Å². The Bertz CT molecular complexity index is 815. The zero-order valence-corrected chi connectivity index (χ0v) is 21.1. The maximum Gasteiger partial charge on any atom is 0.462 e. The summed E-state index contributed by atoms with van der Waals surface area (Å²) in [5.41, 5.74) is 0. The maximum absolute atomic E-state index is 12.0. The molecule has 0 aliphatic rings. The first-order valence-corrected chi connectivity index (χ1v) is 13.8. The monoisotopic (exact) mass is 472 g/mol. The van der Waals surface area contributed by atoms with Crippen molar-refractivity contribution >= 4 is 25.3 Å². The second-order valence-electron chi connectivity index (χ2n) is 8.60. The summed E-state index contributed by atoms with van der Waals surface area (Å²) >= 11 is 0. The molecule has 0 radical (unpaired) electrons. The van der Waals surface area contributed by atoms with E-state index in [4.69, 9.17) is 9.05 Å². The molecule has 1 N–H and O–H groups in total. The van der Waals surface area contributed by atoms with Crippen molar-refractivity contribution in [2.24, 2.45) is 0 Å². The van der Waals surface area contributed by atoms with Gasteiger partial charge in [-0.05, 0) is 43.6 Å². The van der Waals surface area contributed by atoms with E-state index in [0.717, 1.165) is 36.5 Å². The standard InChI is InChI=1S/C28H41O4P/c1-2-3-4-5-6-7-8-9-10-11-12-13-14-15-16-24-28(29)32-33(30)31-27-23-19-21-25-20-17-18-22-26(25)27/h9-10,17-23,30H,2-8,11-16,24H2,1H3/b10-9-. The third kappa shape index (κ3) is 12.2. The highest BCUT2D eigenvalue weighted by Gasteiger charge is 2.16. The molecule has 5 heteroatoms. The highest BCUT2D eigenvalue weighted by atomic mass is 31.2. The predicted octanol–water partition coefficient (Wildman–Crippen LogP) is 9.02. The van der Waals surface area contributed by atoms with Gasteiger partial charge >= 0.3 is 14.6 Å². The molecule has 1 unspecified atom stereocenters. The van der Waals surface area contributed by atoms with Crippen molar-refractivity contribution in [1.82, 2.24) is 0 Å². The van der Waals surface area contributed by atoms with Crippen LogP contribution in [-0.4, -0.2) is 10.9 Å². The summed E-state index contributed by atoms with van der Waals surface area (Å²) in [5.74, 6) is 0.122. The van der Waals surface area contributed by atoms with Crippen molar-refractivity contribution in [3.63, 3.8) is 0 Å². The summed E-state index contributed by atoms with van der Waals surface area (Å²) in [5, 5.41) is 1.90. The van der Waals surface area contributed by atoms with Gasteiger partial charge in [0.15, 0.2) is 0 Å². The molecular weight excluding hydrogens is 431 g/mol. The summed E-state index contributed by atoms with van der Waals surface area (Å²) in [7, 11) is -2.27. The van der Waals surface area contributed by atoms with Gasteiger partial charge in [-0.25, -0.2) is 0 Å². The van der Waals surface area contributed by atoms with E-state index < -0.39 is 14.6 Å². The van der Waals surface area contributed by atoms with Crippen LogP contribution in [0.3, 0.4) is 0 Å². The minimum absolute atomic E-state index is 0.316. The lowest BCUT2D eigenvalue weighted by molar-refractivity contribution is -0.134. The fourth-order valence-corrected chi connectivity index (χ4v) is 4.48. The molecule has 0 spiro atoms. The van der Waals surface area contributed by atoms with Gasteiger partial charge in [-0.15, -0.1) is 0 Å². The first kappa shape index (κ1) is 27.3. The highest BCUT2D eigenvalue weighted by molar-refractivity contribution is 7.41. The number of carbonyl (C=O) groups excluding carboxylic acids is 1. The van der Waals surface area contributed by atoms with Crippen molar-refractivity contribution in [3.05, 3.63) is 54.6 Å². The zero-order chi connectivity index (χ0) is 23.6. The number of benzene rings is 2. The van der Waals surface area contributed by atoms with Crippen LogP contribution in [-0.2, 0) is 9.32 Å². The lowest BCUT2D eigenvalue weighted by atomic mass is 10.1. The molecule has 2 rings (SSSR count). The normalized spacial score (nSPS) is 12.3. The van der Waals surface area contributed by atoms with Crippen molar-refractivity contribution in [1.29, 1.82) is 0 Å². The number of fused-ring (bicyclic) bond motifs is 1. The van der Waals surface area contributed by atoms with Gasteiger partial charge in [-0.1, -0.05) is 107 Å². The quantitative estimate of drug-likeness (QED) is 0.134. The molecule has 0 bridgehead atoms. The van der Waals surface area contributed by atoms with Gasteiger partial charge in [-0.2, -0.15) is 0 Å². The average Bonchev–Trinajstić information content (AvgIpc) is 2.81. The molecular formula is C28H41O4P. The molecule has 33 heavy (non-hydrogen) atoms. The summed E-state index contributed by atoms with van der Waals surface area (Å²) < 4.78 is 10.6. The first-order chi connectivity index (χ1) is 16.2. The van der Waals surface area contributed by atoms with Crippen LogP contribution in [0, 0.1) is 0 Å². The largest absolute Gasteiger partial charge is 0.462 e. The van der Waals surface area contributed by atoms with Crippen LogP contribution in [0.2, 0.25) is 0 Å². The topological polar surface area (TPSA) is 55.8 Å². The Kier molecular flexibility index (Phi) is 14.6. The molecule has 0 fully saturated rings. The summed E-state index contributed by atoms with van der Waals surface area (Å²) in [6, 6.07) is 13.3. The van der Waals surface area contributed by atoms with Crippen LogP contribution < -0.4 is 4.52 Å². The Morgan fingerprint density at radius 1 is 0.818 bits per heavy atom. The number of rotatable bonds is 18. The summed E-state index contributed by atoms with van der Waals surface area (Å²) in [4.78, 5) is 22.0. The number of allylic oxidation sites excluding steroid dienone is 2. The third-order valence-corrected chi connectivity index (χ3v) is 6.46. The predicted molar refractivity (Wildman–Crippen MR) is 139 cm³/mol. The van der Waals surface area contributed by atoms with Gasteiger partial charge < -0.3 is 13.9 Å². The van der Waals surface area contributed by atoms with Gasteiger partial charge in [0.1, 0.15) is 5.75 Å². The van der Waals surface area contributed by atoms with Gasteiger partial charge in [0, 0.05) is 11.8 Å². The summed E-state index contributed by atoms with van der Waals surface area (Å²) in [6.45, 7) is 2.26. The second-order valence-corrected chi connectivity index (χ2v) is 9.44. The van der Waals surface area contributed by atoms with Crippen molar-refractivity contribution < 1.29 is 18.7 Å². The molecule has 0 aromatic heterocycles. The lowest BCUT2D eigenvalue weighted by Crippen LogP contribution is -2.03. The van der Waals surface area contributed by atoms with Crippen LogP contribution in [0.15, 0.2) is 54.6 Å². The van der Waals surface area contributed by atoms with Gasteiger partial charge in [0.05, 0.1) is 0 Å². The van der Waals surface area contributed by atoms with E-state index in [1.54, 1.807) is 6.07 Å². The van der Waals surface area contributed by atoms with E-state index in [9.17, 15) is 9.69 Å². The number of carbonyl (C=O) groups is 1. The minimum Gasteiger partial charge on any atom is -0.417 e.